The third-order valence-corrected chi connectivity index (χ3v) is 1.79. The fourth-order valence-corrected chi connectivity index (χ4v) is 1.13. The normalized spacial score (nSPS) is 8.82. The van der Waals surface area contributed by atoms with Crippen LogP contribution in [0, 0.1) is 5.82 Å². The van der Waals surface area contributed by atoms with Gasteiger partial charge in [0.1, 0.15) is 23.6 Å². The molecule has 0 aromatic heterocycles. The molecule has 0 atom stereocenters. The zero-order chi connectivity index (χ0) is 12.5. The van der Waals surface area contributed by atoms with Crippen LogP contribution in [0.3, 0.4) is 0 Å². The monoisotopic (exact) mass is 232 g/mol. The van der Waals surface area contributed by atoms with Crippen molar-refractivity contribution in [1.29, 1.82) is 0 Å². The van der Waals surface area contributed by atoms with E-state index in [9.17, 15) is 4.39 Å². The number of aldehydes is 1. The molecule has 0 saturated heterocycles. The molecule has 0 radical (unpaired) electrons. The third kappa shape index (κ3) is 4.93. The van der Waals surface area contributed by atoms with Crippen molar-refractivity contribution in [3.63, 3.8) is 0 Å². The van der Waals surface area contributed by atoms with E-state index in [2.05, 4.69) is 0 Å². The van der Waals surface area contributed by atoms with Gasteiger partial charge in [-0.1, -0.05) is 18.2 Å². The molecule has 0 heterocycles. The van der Waals surface area contributed by atoms with Gasteiger partial charge in [0, 0.05) is 0 Å². The minimum absolute atomic E-state index is 0.259. The molecule has 2 rings (SSSR count). The molecule has 2 aromatic rings. The second-order valence-electron chi connectivity index (χ2n) is 3.10. The van der Waals surface area contributed by atoms with E-state index in [0.717, 1.165) is 12.0 Å². The Morgan fingerprint density at radius 2 is 1.41 bits per heavy atom. The van der Waals surface area contributed by atoms with Crippen molar-refractivity contribution in [2.24, 2.45) is 0 Å². The van der Waals surface area contributed by atoms with Gasteiger partial charge in [0.2, 0.25) is 0 Å². The molecule has 2 aromatic carbocycles. The van der Waals surface area contributed by atoms with Crippen LogP contribution in [0.15, 0.2) is 54.6 Å². The van der Waals surface area contributed by atoms with Crippen LogP contribution in [0.1, 0.15) is 6.92 Å². The zero-order valence-corrected chi connectivity index (χ0v) is 9.47. The van der Waals surface area contributed by atoms with Crippen LogP contribution < -0.4 is 4.74 Å². The summed E-state index contributed by atoms with van der Waals surface area (Å²) in [7, 11) is 0. The van der Waals surface area contributed by atoms with Crippen LogP contribution in [0.2, 0.25) is 0 Å². The van der Waals surface area contributed by atoms with Crippen LogP contribution in [-0.4, -0.2) is 6.29 Å². The van der Waals surface area contributed by atoms with Gasteiger partial charge >= 0.3 is 0 Å². The lowest BCUT2D eigenvalue weighted by Gasteiger charge is -2.04. The largest absolute Gasteiger partial charge is 0.457 e. The van der Waals surface area contributed by atoms with E-state index < -0.39 is 0 Å². The van der Waals surface area contributed by atoms with Gasteiger partial charge < -0.3 is 9.53 Å². The number of rotatable bonds is 2. The number of carbonyl (C=O) groups excluding carboxylic acids is 1. The highest BCUT2D eigenvalue weighted by molar-refractivity contribution is 5.44. The molecule has 0 aliphatic carbocycles. The Morgan fingerprint density at radius 1 is 0.941 bits per heavy atom. The van der Waals surface area contributed by atoms with Crippen molar-refractivity contribution in [2.75, 3.05) is 0 Å². The Morgan fingerprint density at radius 3 is 1.94 bits per heavy atom. The molecule has 0 fully saturated rings. The quantitative estimate of drug-likeness (QED) is 0.736. The fraction of sp³-hybridized carbons (Fsp3) is 0.0714. The summed E-state index contributed by atoms with van der Waals surface area (Å²) in [6.45, 7) is 1.44. The smallest absolute Gasteiger partial charge is 0.127 e. The highest BCUT2D eigenvalue weighted by Crippen LogP contribution is 2.20. The minimum atomic E-state index is -0.259. The van der Waals surface area contributed by atoms with Gasteiger partial charge in [-0.15, -0.1) is 0 Å². The Bertz CT molecular complexity index is 438. The van der Waals surface area contributed by atoms with Crippen LogP contribution in [0.5, 0.6) is 11.5 Å². The molecule has 2 nitrogen and oxygen atoms in total. The Kier molecular flexibility index (Phi) is 5.44. The van der Waals surface area contributed by atoms with Crippen molar-refractivity contribution in [2.45, 2.75) is 6.92 Å². The summed E-state index contributed by atoms with van der Waals surface area (Å²) in [6.07, 6.45) is 0.750. The van der Waals surface area contributed by atoms with Gasteiger partial charge in [-0.25, -0.2) is 4.39 Å². The molecular formula is C14H13FO2. The third-order valence-electron chi connectivity index (χ3n) is 1.79. The minimum Gasteiger partial charge on any atom is -0.457 e. The summed E-state index contributed by atoms with van der Waals surface area (Å²) in [6, 6.07) is 15.3. The topological polar surface area (TPSA) is 26.3 Å². The van der Waals surface area contributed by atoms with Crippen LogP contribution in [0.4, 0.5) is 4.39 Å². The van der Waals surface area contributed by atoms with E-state index in [1.807, 2.05) is 30.3 Å². The van der Waals surface area contributed by atoms with Crippen LogP contribution >= 0.6 is 0 Å². The van der Waals surface area contributed by atoms with Crippen LogP contribution in [-0.2, 0) is 4.79 Å². The first-order chi connectivity index (χ1) is 8.26. The maximum absolute atomic E-state index is 12.6. The maximum atomic E-state index is 12.6. The van der Waals surface area contributed by atoms with E-state index in [1.54, 1.807) is 12.1 Å². The van der Waals surface area contributed by atoms with E-state index in [1.165, 1.54) is 19.1 Å². The number of halogens is 1. The molecule has 0 unspecified atom stereocenters. The number of benzene rings is 2. The van der Waals surface area contributed by atoms with Crippen LogP contribution in [0.25, 0.3) is 0 Å². The maximum Gasteiger partial charge on any atom is 0.127 e. The number of para-hydroxylation sites is 1. The lowest BCUT2D eigenvalue weighted by atomic mass is 10.3. The molecule has 88 valence electrons. The highest BCUT2D eigenvalue weighted by atomic mass is 19.1. The molecule has 3 heteroatoms. The molecule has 0 N–H and O–H groups in total. The summed E-state index contributed by atoms with van der Waals surface area (Å²) in [5, 5.41) is 0. The second kappa shape index (κ2) is 7.17. The summed E-state index contributed by atoms with van der Waals surface area (Å²) in [5.74, 6) is 1.13. The lowest BCUT2D eigenvalue weighted by molar-refractivity contribution is -0.106. The predicted molar refractivity (Wildman–Crippen MR) is 64.7 cm³/mol. The summed E-state index contributed by atoms with van der Waals surface area (Å²) >= 11 is 0. The number of hydrogen-bond donors (Lipinski definition) is 0. The second-order valence-corrected chi connectivity index (χ2v) is 3.10. The molecule has 0 bridgehead atoms. The Hall–Kier alpha value is -2.16. The standard InChI is InChI=1S/C12H9FO.C2H4O/c13-10-6-8-12(9-7-10)14-11-4-2-1-3-5-11;1-2-3/h1-9H;2H,1H3. The fourth-order valence-electron chi connectivity index (χ4n) is 1.13. The van der Waals surface area contributed by atoms with Gasteiger partial charge in [-0.3, -0.25) is 0 Å². The van der Waals surface area contributed by atoms with E-state index in [4.69, 9.17) is 9.53 Å². The first-order valence-electron chi connectivity index (χ1n) is 5.14. The molecule has 17 heavy (non-hydrogen) atoms. The van der Waals surface area contributed by atoms with Gasteiger partial charge in [0.15, 0.2) is 0 Å². The number of hydrogen-bond acceptors (Lipinski definition) is 2. The number of ether oxygens (including phenoxy) is 1. The summed E-state index contributed by atoms with van der Waals surface area (Å²) in [5.41, 5.74) is 0. The summed E-state index contributed by atoms with van der Waals surface area (Å²) < 4.78 is 18.0. The van der Waals surface area contributed by atoms with Gasteiger partial charge in [0.05, 0.1) is 0 Å². The van der Waals surface area contributed by atoms with Crippen molar-refractivity contribution >= 4 is 6.29 Å². The number of carbonyl (C=O) groups is 1. The van der Waals surface area contributed by atoms with Gasteiger partial charge in [-0.05, 0) is 43.3 Å². The Labute approximate surface area is 99.7 Å². The molecule has 0 spiro atoms. The predicted octanol–water partition coefficient (Wildman–Crippen LogP) is 3.82. The van der Waals surface area contributed by atoms with Crippen molar-refractivity contribution in [3.05, 3.63) is 60.4 Å². The van der Waals surface area contributed by atoms with E-state index in [0.29, 0.717) is 5.75 Å². The average Bonchev–Trinajstić information content (AvgIpc) is 2.35. The van der Waals surface area contributed by atoms with Crippen molar-refractivity contribution in [1.82, 2.24) is 0 Å². The molecule has 0 aliphatic rings. The Balaban J connectivity index is 0.000000437. The first kappa shape index (κ1) is 12.9. The van der Waals surface area contributed by atoms with Gasteiger partial charge in [0.25, 0.3) is 0 Å². The first-order valence-corrected chi connectivity index (χ1v) is 5.14. The van der Waals surface area contributed by atoms with E-state index in [-0.39, 0.29) is 5.82 Å². The van der Waals surface area contributed by atoms with Gasteiger partial charge in [-0.2, -0.15) is 0 Å². The SMILES string of the molecule is CC=O.Fc1ccc(Oc2ccccc2)cc1. The van der Waals surface area contributed by atoms with Crippen molar-refractivity contribution in [3.8, 4) is 11.5 Å². The molecule has 0 aliphatic heterocycles. The molecular weight excluding hydrogens is 219 g/mol. The molecule has 0 saturated carbocycles. The summed E-state index contributed by atoms with van der Waals surface area (Å²) in [4.78, 5) is 8.81. The zero-order valence-electron chi connectivity index (χ0n) is 9.47. The van der Waals surface area contributed by atoms with E-state index >= 15 is 0 Å². The lowest BCUT2D eigenvalue weighted by Crippen LogP contribution is -1.83. The average molecular weight is 232 g/mol. The van der Waals surface area contributed by atoms with Crippen molar-refractivity contribution < 1.29 is 13.9 Å². The highest BCUT2D eigenvalue weighted by Gasteiger charge is 1.95. The molecule has 0 amide bonds.